The van der Waals surface area contributed by atoms with Gasteiger partial charge in [-0.25, -0.2) is 4.79 Å². The van der Waals surface area contributed by atoms with Crippen molar-refractivity contribution in [2.45, 2.75) is 63.9 Å². The third-order valence-corrected chi connectivity index (χ3v) is 10.9. The SMILES string of the molecule is CC1(C2C(=O)N([Si](C)(C)C(C)(C)C)C2CC(=O)O)COC(=O)O1. The Morgan fingerprint density at radius 1 is 1.39 bits per heavy atom. The van der Waals surface area contributed by atoms with Crippen molar-refractivity contribution < 1.29 is 29.0 Å². The van der Waals surface area contributed by atoms with Gasteiger partial charge in [-0.2, -0.15) is 0 Å². The van der Waals surface area contributed by atoms with Crippen LogP contribution in [-0.2, 0) is 19.1 Å². The third-order valence-electron chi connectivity index (χ3n) is 5.49. The zero-order valence-corrected chi connectivity index (χ0v) is 15.5. The number of ether oxygens (including phenoxy) is 2. The molecule has 2 fully saturated rings. The van der Waals surface area contributed by atoms with Crippen LogP contribution in [0.1, 0.15) is 34.1 Å². The highest BCUT2D eigenvalue weighted by Gasteiger charge is 2.65. The summed E-state index contributed by atoms with van der Waals surface area (Å²) in [5.74, 6) is -1.77. The summed E-state index contributed by atoms with van der Waals surface area (Å²) in [4.78, 5) is 35.5. The standard InChI is InChI=1S/C15H25NO6Si/c1-14(2,3)23(5,6)16-9(7-10(17)18)11(12(16)19)15(4)8-21-13(20)22-15/h9,11H,7-8H2,1-6H3,(H,17,18). The molecule has 1 N–H and O–H groups in total. The van der Waals surface area contributed by atoms with Crippen LogP contribution in [0.3, 0.4) is 0 Å². The number of amides is 1. The fourth-order valence-corrected chi connectivity index (χ4v) is 5.74. The Balaban J connectivity index is 2.35. The number of rotatable bonds is 4. The first-order valence-electron chi connectivity index (χ1n) is 7.72. The van der Waals surface area contributed by atoms with E-state index < -0.39 is 37.9 Å². The predicted octanol–water partition coefficient (Wildman–Crippen LogP) is 2.22. The van der Waals surface area contributed by atoms with Crippen molar-refractivity contribution in [1.82, 2.24) is 4.57 Å². The molecule has 7 nitrogen and oxygen atoms in total. The number of carbonyl (C=O) groups excluding carboxylic acids is 2. The van der Waals surface area contributed by atoms with Crippen LogP contribution in [0.4, 0.5) is 4.79 Å². The van der Waals surface area contributed by atoms with Crippen LogP contribution < -0.4 is 0 Å². The van der Waals surface area contributed by atoms with Crippen molar-refractivity contribution in [3.05, 3.63) is 0 Å². The average Bonchev–Trinajstić information content (AvgIpc) is 2.66. The van der Waals surface area contributed by atoms with Crippen LogP contribution in [0.5, 0.6) is 0 Å². The van der Waals surface area contributed by atoms with Gasteiger partial charge in [-0.05, 0) is 12.0 Å². The summed E-state index contributed by atoms with van der Waals surface area (Å²) in [6, 6.07) is -0.472. The van der Waals surface area contributed by atoms with Gasteiger partial charge in [0.05, 0.1) is 6.42 Å². The van der Waals surface area contributed by atoms with Crippen LogP contribution in [0, 0.1) is 5.92 Å². The molecule has 0 radical (unpaired) electrons. The van der Waals surface area contributed by atoms with Crippen molar-refractivity contribution in [2.75, 3.05) is 6.61 Å². The van der Waals surface area contributed by atoms with Gasteiger partial charge >= 0.3 is 12.1 Å². The maximum Gasteiger partial charge on any atom is 0.509 e. The lowest BCUT2D eigenvalue weighted by Crippen LogP contribution is -2.77. The summed E-state index contributed by atoms with van der Waals surface area (Å²) in [5, 5.41) is 9.15. The number of cyclic esters (lactones) is 2. The Kier molecular flexibility index (Phi) is 4.03. The fourth-order valence-electron chi connectivity index (χ4n) is 3.26. The van der Waals surface area contributed by atoms with E-state index in [0.29, 0.717) is 0 Å². The number of hydrogen-bond acceptors (Lipinski definition) is 5. The van der Waals surface area contributed by atoms with Gasteiger partial charge in [0.1, 0.15) is 12.5 Å². The molecule has 0 bridgehead atoms. The van der Waals surface area contributed by atoms with E-state index in [1.54, 1.807) is 11.5 Å². The van der Waals surface area contributed by atoms with Gasteiger partial charge in [0.15, 0.2) is 13.8 Å². The Bertz CT molecular complexity index is 555. The third kappa shape index (κ3) is 2.73. The Morgan fingerprint density at radius 2 is 1.96 bits per heavy atom. The molecule has 0 aromatic rings. The molecule has 0 spiro atoms. The summed E-state index contributed by atoms with van der Waals surface area (Å²) >= 11 is 0. The minimum Gasteiger partial charge on any atom is -0.481 e. The monoisotopic (exact) mass is 343 g/mol. The Labute approximate surface area is 137 Å². The first-order chi connectivity index (χ1) is 10.3. The molecule has 23 heavy (non-hydrogen) atoms. The molecular formula is C15H25NO6Si. The molecule has 2 saturated heterocycles. The van der Waals surface area contributed by atoms with Gasteiger partial charge in [-0.15, -0.1) is 0 Å². The maximum absolute atomic E-state index is 12.9. The second-order valence-corrected chi connectivity index (χ2v) is 13.2. The number of carbonyl (C=O) groups is 3. The Morgan fingerprint density at radius 3 is 2.35 bits per heavy atom. The lowest BCUT2D eigenvalue weighted by atomic mass is 9.76. The molecule has 2 heterocycles. The summed E-state index contributed by atoms with van der Waals surface area (Å²) < 4.78 is 11.8. The first-order valence-corrected chi connectivity index (χ1v) is 10.7. The number of β-lactam (4-membered cyclic amide) rings is 1. The van der Waals surface area contributed by atoms with E-state index in [2.05, 4.69) is 33.9 Å². The summed E-state index contributed by atoms with van der Waals surface area (Å²) in [7, 11) is -2.22. The lowest BCUT2D eigenvalue weighted by Gasteiger charge is -2.60. The quantitative estimate of drug-likeness (QED) is 0.478. The second kappa shape index (κ2) is 5.22. The fraction of sp³-hybridized carbons (Fsp3) is 0.800. The molecule has 0 aromatic heterocycles. The van der Waals surface area contributed by atoms with Crippen molar-refractivity contribution in [2.24, 2.45) is 5.92 Å². The number of carboxylic acids is 1. The van der Waals surface area contributed by atoms with Crippen molar-refractivity contribution in [1.29, 1.82) is 0 Å². The number of carboxylic acid groups (broad SMARTS) is 1. The summed E-state index contributed by atoms with van der Waals surface area (Å²) in [5.41, 5.74) is -1.09. The van der Waals surface area contributed by atoms with Crippen LogP contribution in [-0.4, -0.2) is 54.2 Å². The maximum atomic E-state index is 12.9. The number of aliphatic carboxylic acids is 1. The number of hydrogen-bond donors (Lipinski definition) is 1. The topological polar surface area (TPSA) is 93.1 Å². The van der Waals surface area contributed by atoms with Crippen LogP contribution in [0.15, 0.2) is 0 Å². The number of nitrogens with zero attached hydrogens (tertiary/aromatic N) is 1. The van der Waals surface area contributed by atoms with E-state index in [1.165, 1.54) is 0 Å². The molecule has 0 aromatic carbocycles. The highest BCUT2D eigenvalue weighted by Crippen LogP contribution is 2.49. The summed E-state index contributed by atoms with van der Waals surface area (Å²) in [6.45, 7) is 11.9. The van der Waals surface area contributed by atoms with Gasteiger partial charge in [-0.3, -0.25) is 9.59 Å². The molecule has 2 rings (SSSR count). The first kappa shape index (κ1) is 17.8. The smallest absolute Gasteiger partial charge is 0.481 e. The van der Waals surface area contributed by atoms with E-state index in [9.17, 15) is 19.5 Å². The normalized spacial score (nSPS) is 31.5. The van der Waals surface area contributed by atoms with E-state index in [-0.39, 0.29) is 24.0 Å². The molecule has 3 atom stereocenters. The lowest BCUT2D eigenvalue weighted by molar-refractivity contribution is -0.165. The van der Waals surface area contributed by atoms with Gasteiger partial charge in [0.2, 0.25) is 5.91 Å². The van der Waals surface area contributed by atoms with Gasteiger partial charge < -0.3 is 19.1 Å². The van der Waals surface area contributed by atoms with Crippen molar-refractivity contribution in [3.8, 4) is 0 Å². The molecule has 0 saturated carbocycles. The molecule has 130 valence electrons. The van der Waals surface area contributed by atoms with Crippen molar-refractivity contribution in [3.63, 3.8) is 0 Å². The minimum atomic E-state index is -2.22. The molecule has 1 amide bonds. The second-order valence-electron chi connectivity index (χ2n) is 8.11. The largest absolute Gasteiger partial charge is 0.509 e. The zero-order chi connectivity index (χ0) is 17.8. The molecule has 2 aliphatic heterocycles. The minimum absolute atomic E-state index is 0.0241. The molecule has 3 unspecified atom stereocenters. The average molecular weight is 343 g/mol. The molecule has 8 heteroatoms. The van der Waals surface area contributed by atoms with Gasteiger partial charge in [0.25, 0.3) is 0 Å². The van der Waals surface area contributed by atoms with Crippen LogP contribution >= 0.6 is 0 Å². The summed E-state index contributed by atoms with van der Waals surface area (Å²) in [6.07, 6.45) is -0.962. The highest BCUT2D eigenvalue weighted by atomic mass is 28.3. The van der Waals surface area contributed by atoms with Crippen LogP contribution in [0.2, 0.25) is 18.1 Å². The van der Waals surface area contributed by atoms with E-state index >= 15 is 0 Å². The zero-order valence-electron chi connectivity index (χ0n) is 14.5. The molecule has 2 aliphatic rings. The van der Waals surface area contributed by atoms with Crippen LogP contribution in [0.25, 0.3) is 0 Å². The predicted molar refractivity (Wildman–Crippen MR) is 84.4 cm³/mol. The van der Waals surface area contributed by atoms with E-state index in [4.69, 9.17) is 9.47 Å². The van der Waals surface area contributed by atoms with E-state index in [1.807, 2.05) is 0 Å². The van der Waals surface area contributed by atoms with Gasteiger partial charge in [-0.1, -0.05) is 33.9 Å². The Hall–Kier alpha value is -1.57. The van der Waals surface area contributed by atoms with Gasteiger partial charge in [0, 0.05) is 6.04 Å². The van der Waals surface area contributed by atoms with E-state index in [0.717, 1.165) is 0 Å². The highest BCUT2D eigenvalue weighted by molar-refractivity contribution is 6.80. The van der Waals surface area contributed by atoms with Crippen molar-refractivity contribution >= 4 is 26.3 Å². The molecular weight excluding hydrogens is 318 g/mol. The molecule has 0 aliphatic carbocycles.